The number of aromatic nitrogens is 2. The lowest BCUT2D eigenvalue weighted by Gasteiger charge is -2.25. The van der Waals surface area contributed by atoms with Crippen molar-refractivity contribution in [1.82, 2.24) is 8.96 Å². The molecule has 3 rings (SSSR count). The molecule has 0 unspecified atom stereocenters. The first-order valence-corrected chi connectivity index (χ1v) is 11.1. The summed E-state index contributed by atoms with van der Waals surface area (Å²) in [5.74, 6) is -1.14. The van der Waals surface area contributed by atoms with E-state index in [2.05, 4.69) is 10.3 Å². The predicted octanol–water partition coefficient (Wildman–Crippen LogP) is 2.72. The molecule has 2 N–H and O–H groups in total. The highest BCUT2D eigenvalue weighted by Crippen LogP contribution is 2.34. The Kier molecular flexibility index (Phi) is 6.46. The summed E-state index contributed by atoms with van der Waals surface area (Å²) in [7, 11) is -4.00. The Morgan fingerprint density at radius 3 is 2.59 bits per heavy atom. The number of nitrogens with one attached hydrogen (secondary N) is 1. The van der Waals surface area contributed by atoms with Crippen LogP contribution in [0.15, 0.2) is 53.7 Å². The number of carboxylic acids is 1. The van der Waals surface area contributed by atoms with Crippen LogP contribution >= 0.6 is 0 Å². The quantitative estimate of drug-likeness (QED) is 0.342. The number of anilines is 1. The number of benzene rings is 1. The maximum Gasteiger partial charge on any atom is 0.313 e. The van der Waals surface area contributed by atoms with Gasteiger partial charge in [-0.2, -0.15) is 0 Å². The molecule has 3 aromatic rings. The minimum Gasteiger partial charge on any atom is -0.481 e. The second kappa shape index (κ2) is 8.93. The minimum absolute atomic E-state index is 0.0222. The first kappa shape index (κ1) is 23.2. The van der Waals surface area contributed by atoms with Gasteiger partial charge in [-0.1, -0.05) is 18.2 Å². The average Bonchev–Trinajstić information content (AvgIpc) is 3.21. The SMILES string of the molecule is CCOC[C@](C)(CNc1c([N+](=O)[O-])cnc2c1ccn2S(=O)(=O)c1ccccc1)C(=O)O. The molecule has 1 atom stereocenters. The zero-order chi connectivity index (χ0) is 23.5. The van der Waals surface area contributed by atoms with E-state index in [1.807, 2.05) is 0 Å². The summed E-state index contributed by atoms with van der Waals surface area (Å²) in [6.45, 7) is 3.18. The van der Waals surface area contributed by atoms with Crippen molar-refractivity contribution in [3.63, 3.8) is 0 Å². The highest BCUT2D eigenvalue weighted by atomic mass is 32.2. The van der Waals surface area contributed by atoms with Crippen molar-refractivity contribution in [3.05, 3.63) is 58.9 Å². The summed E-state index contributed by atoms with van der Waals surface area (Å²) in [5.41, 5.74) is -1.83. The normalized spacial score (nSPS) is 13.6. The lowest BCUT2D eigenvalue weighted by atomic mass is 9.91. The van der Waals surface area contributed by atoms with Crippen molar-refractivity contribution in [2.24, 2.45) is 5.41 Å². The van der Waals surface area contributed by atoms with Crippen LogP contribution in [-0.4, -0.2) is 53.1 Å². The molecular weight excluding hydrogens is 440 g/mol. The monoisotopic (exact) mass is 462 g/mol. The molecule has 2 aromatic heterocycles. The Bertz CT molecular complexity index is 1260. The van der Waals surface area contributed by atoms with Crippen LogP contribution in [0.1, 0.15) is 13.8 Å². The van der Waals surface area contributed by atoms with Gasteiger partial charge in [0.1, 0.15) is 17.3 Å². The molecule has 0 amide bonds. The summed E-state index contributed by atoms with van der Waals surface area (Å²) in [5, 5.41) is 24.2. The first-order chi connectivity index (χ1) is 15.1. The largest absolute Gasteiger partial charge is 0.481 e. The maximum atomic E-state index is 13.0. The van der Waals surface area contributed by atoms with Crippen molar-refractivity contribution in [1.29, 1.82) is 0 Å². The molecule has 0 radical (unpaired) electrons. The zero-order valence-corrected chi connectivity index (χ0v) is 18.2. The van der Waals surface area contributed by atoms with Crippen LogP contribution in [0.4, 0.5) is 11.4 Å². The molecule has 32 heavy (non-hydrogen) atoms. The Morgan fingerprint density at radius 1 is 1.31 bits per heavy atom. The van der Waals surface area contributed by atoms with E-state index in [4.69, 9.17) is 4.74 Å². The van der Waals surface area contributed by atoms with Crippen LogP contribution in [0.5, 0.6) is 0 Å². The van der Waals surface area contributed by atoms with Gasteiger partial charge < -0.3 is 15.2 Å². The molecule has 170 valence electrons. The lowest BCUT2D eigenvalue weighted by Crippen LogP contribution is -2.39. The van der Waals surface area contributed by atoms with E-state index in [0.717, 1.165) is 10.2 Å². The minimum atomic E-state index is -4.00. The van der Waals surface area contributed by atoms with Gasteiger partial charge in [0.15, 0.2) is 5.65 Å². The number of nitro groups is 1. The highest BCUT2D eigenvalue weighted by Gasteiger charge is 2.35. The van der Waals surface area contributed by atoms with Gasteiger partial charge in [0.05, 0.1) is 21.8 Å². The second-order valence-electron chi connectivity index (χ2n) is 7.30. The van der Waals surface area contributed by atoms with Crippen LogP contribution in [0, 0.1) is 15.5 Å². The third-order valence-electron chi connectivity index (χ3n) is 4.95. The van der Waals surface area contributed by atoms with Gasteiger partial charge in [0, 0.05) is 19.3 Å². The summed E-state index contributed by atoms with van der Waals surface area (Å²) in [6, 6.07) is 9.08. The number of hydrogen-bond donors (Lipinski definition) is 2. The van der Waals surface area contributed by atoms with Gasteiger partial charge in [0.2, 0.25) is 0 Å². The lowest BCUT2D eigenvalue weighted by molar-refractivity contribution is -0.384. The van der Waals surface area contributed by atoms with Crippen molar-refractivity contribution < 1.29 is 28.0 Å². The summed E-state index contributed by atoms with van der Waals surface area (Å²) < 4.78 is 32.3. The molecule has 0 saturated heterocycles. The molecule has 0 saturated carbocycles. The van der Waals surface area contributed by atoms with Crippen LogP contribution in [0.2, 0.25) is 0 Å². The number of carbonyl (C=O) groups is 1. The van der Waals surface area contributed by atoms with Crippen molar-refractivity contribution >= 4 is 38.4 Å². The van der Waals surface area contributed by atoms with E-state index in [-0.39, 0.29) is 34.8 Å². The second-order valence-corrected chi connectivity index (χ2v) is 9.11. The van der Waals surface area contributed by atoms with Crippen LogP contribution in [-0.2, 0) is 19.6 Å². The molecule has 1 aromatic carbocycles. The highest BCUT2D eigenvalue weighted by molar-refractivity contribution is 7.90. The molecule has 2 heterocycles. The van der Waals surface area contributed by atoms with E-state index in [0.29, 0.717) is 6.61 Å². The predicted molar refractivity (Wildman–Crippen MR) is 116 cm³/mol. The fraction of sp³-hybridized carbons (Fsp3) is 0.300. The molecule has 11 nitrogen and oxygen atoms in total. The number of pyridine rings is 1. The third-order valence-corrected chi connectivity index (χ3v) is 6.63. The Balaban J connectivity index is 2.09. The number of hydrogen-bond acceptors (Lipinski definition) is 8. The van der Waals surface area contributed by atoms with E-state index < -0.39 is 32.0 Å². The molecule has 0 aliphatic rings. The Hall–Kier alpha value is -3.51. The van der Waals surface area contributed by atoms with E-state index in [1.165, 1.54) is 31.3 Å². The standard InChI is InChI=1S/C20H22N4O7S/c1-3-31-13-20(2,19(25)26)12-22-17-15-9-10-23(18(15)21-11-16(17)24(27)28)32(29,30)14-7-5-4-6-8-14/h4-11H,3,12-13H2,1-2H3,(H,21,22)(H,25,26)/t20-/m0/s1. The Labute approximate surface area is 183 Å². The summed E-state index contributed by atoms with van der Waals surface area (Å²) >= 11 is 0. The fourth-order valence-electron chi connectivity index (χ4n) is 3.08. The van der Waals surface area contributed by atoms with Crippen molar-refractivity contribution in [2.45, 2.75) is 18.7 Å². The van der Waals surface area contributed by atoms with E-state index in [1.54, 1.807) is 25.1 Å². The Morgan fingerprint density at radius 2 is 2.00 bits per heavy atom. The van der Waals surface area contributed by atoms with Crippen LogP contribution < -0.4 is 5.32 Å². The number of rotatable bonds is 10. The average molecular weight is 462 g/mol. The van der Waals surface area contributed by atoms with Crippen LogP contribution in [0.25, 0.3) is 11.0 Å². The molecule has 0 aliphatic heterocycles. The molecule has 0 bridgehead atoms. The van der Waals surface area contributed by atoms with Gasteiger partial charge in [-0.15, -0.1) is 0 Å². The summed E-state index contributed by atoms with van der Waals surface area (Å²) in [4.78, 5) is 26.7. The molecule has 12 heteroatoms. The van der Waals surface area contributed by atoms with Gasteiger partial charge in [-0.05, 0) is 32.0 Å². The maximum absolute atomic E-state index is 13.0. The van der Waals surface area contributed by atoms with Gasteiger partial charge >= 0.3 is 11.7 Å². The molecule has 0 fully saturated rings. The van der Waals surface area contributed by atoms with E-state index >= 15 is 0 Å². The van der Waals surface area contributed by atoms with Crippen molar-refractivity contribution in [2.75, 3.05) is 25.1 Å². The first-order valence-electron chi connectivity index (χ1n) is 9.62. The number of nitrogens with zero attached hydrogens (tertiary/aromatic N) is 3. The smallest absolute Gasteiger partial charge is 0.313 e. The van der Waals surface area contributed by atoms with Crippen molar-refractivity contribution in [3.8, 4) is 0 Å². The third kappa shape index (κ3) is 4.27. The van der Waals surface area contributed by atoms with Crippen LogP contribution in [0.3, 0.4) is 0 Å². The number of ether oxygens (including phenoxy) is 1. The molecule has 0 aliphatic carbocycles. The number of aliphatic carboxylic acids is 1. The fourth-order valence-corrected chi connectivity index (χ4v) is 4.40. The van der Waals surface area contributed by atoms with Gasteiger partial charge in [-0.3, -0.25) is 14.9 Å². The zero-order valence-electron chi connectivity index (χ0n) is 17.4. The number of carboxylic acid groups (broad SMARTS) is 1. The van der Waals surface area contributed by atoms with E-state index in [9.17, 15) is 28.4 Å². The molecular formula is C20H22N4O7S. The number of fused-ring (bicyclic) bond motifs is 1. The van der Waals surface area contributed by atoms with Gasteiger partial charge in [0.25, 0.3) is 10.0 Å². The van der Waals surface area contributed by atoms with Gasteiger partial charge in [-0.25, -0.2) is 17.4 Å². The topological polar surface area (TPSA) is 154 Å². The molecule has 0 spiro atoms. The summed E-state index contributed by atoms with van der Waals surface area (Å²) in [6.07, 6.45) is 2.20.